The molecule has 0 aliphatic heterocycles. The summed E-state index contributed by atoms with van der Waals surface area (Å²) in [6, 6.07) is 3.67. The Labute approximate surface area is 164 Å². The van der Waals surface area contributed by atoms with Crippen LogP contribution in [-0.2, 0) is 4.79 Å². The molecule has 1 aromatic heterocycles. The van der Waals surface area contributed by atoms with Crippen molar-refractivity contribution in [2.75, 3.05) is 0 Å². The van der Waals surface area contributed by atoms with Crippen LogP contribution in [0.5, 0.6) is 0 Å². The molecule has 2 unspecified atom stereocenters. The number of primary amides is 1. The smallest absolute Gasteiger partial charge is 0.315 e. The van der Waals surface area contributed by atoms with Gasteiger partial charge in [-0.1, -0.05) is 20.3 Å². The van der Waals surface area contributed by atoms with Crippen molar-refractivity contribution in [3.8, 4) is 0 Å². The minimum atomic E-state index is -0.356. The number of nitrogens with one attached hydrogen (secondary N) is 2. The maximum Gasteiger partial charge on any atom is 0.315 e. The number of nitrogens with two attached hydrogens (primary N) is 1. The monoisotopic (exact) mass is 389 g/mol. The molecule has 0 radical (unpaired) electrons. The highest BCUT2D eigenvalue weighted by Gasteiger charge is 2.29. The van der Waals surface area contributed by atoms with E-state index in [2.05, 4.69) is 10.6 Å². The van der Waals surface area contributed by atoms with Gasteiger partial charge in [0.1, 0.15) is 17.2 Å². The fourth-order valence-corrected chi connectivity index (χ4v) is 3.99. The molecule has 4 N–H and O–H groups in total. The molecule has 1 aromatic carbocycles. The SMILES string of the molecule is Cc1c(C(NC(=O)NC2CCC[C@@H](C(N)=O)C2)C(C)C)oc2ccc(F)cc12. The largest absolute Gasteiger partial charge is 0.459 e. The number of benzene rings is 1. The first-order chi connectivity index (χ1) is 13.3. The summed E-state index contributed by atoms with van der Waals surface area (Å²) in [4.78, 5) is 24.1. The van der Waals surface area contributed by atoms with Crippen LogP contribution in [0.4, 0.5) is 9.18 Å². The van der Waals surface area contributed by atoms with E-state index in [4.69, 9.17) is 10.2 Å². The number of urea groups is 1. The molecule has 1 aliphatic rings. The first kappa shape index (κ1) is 20.2. The Kier molecular flexibility index (Phi) is 5.91. The van der Waals surface area contributed by atoms with Crippen molar-refractivity contribution in [2.45, 2.75) is 58.5 Å². The summed E-state index contributed by atoms with van der Waals surface area (Å²) in [6.07, 6.45) is 3.03. The summed E-state index contributed by atoms with van der Waals surface area (Å²) in [5.74, 6) is -0.121. The summed E-state index contributed by atoms with van der Waals surface area (Å²) in [5, 5.41) is 6.66. The van der Waals surface area contributed by atoms with E-state index in [1.807, 2.05) is 20.8 Å². The van der Waals surface area contributed by atoms with Crippen molar-refractivity contribution in [2.24, 2.45) is 17.6 Å². The second-order valence-corrected chi connectivity index (χ2v) is 8.03. The average Bonchev–Trinajstić information content (AvgIpc) is 2.95. The van der Waals surface area contributed by atoms with Crippen LogP contribution < -0.4 is 16.4 Å². The van der Waals surface area contributed by atoms with E-state index in [-0.39, 0.29) is 41.7 Å². The van der Waals surface area contributed by atoms with Crippen LogP contribution in [0.25, 0.3) is 11.0 Å². The Balaban J connectivity index is 1.74. The van der Waals surface area contributed by atoms with E-state index in [9.17, 15) is 14.0 Å². The lowest BCUT2D eigenvalue weighted by Crippen LogP contribution is -2.47. The highest BCUT2D eigenvalue weighted by atomic mass is 19.1. The van der Waals surface area contributed by atoms with Crippen molar-refractivity contribution in [3.05, 3.63) is 35.3 Å². The van der Waals surface area contributed by atoms with E-state index in [0.717, 1.165) is 24.8 Å². The molecular weight excluding hydrogens is 361 g/mol. The second-order valence-electron chi connectivity index (χ2n) is 8.03. The second kappa shape index (κ2) is 8.20. The molecule has 28 heavy (non-hydrogen) atoms. The van der Waals surface area contributed by atoms with E-state index >= 15 is 0 Å². The van der Waals surface area contributed by atoms with Crippen molar-refractivity contribution in [1.82, 2.24) is 10.6 Å². The molecule has 3 rings (SSSR count). The molecule has 0 bridgehead atoms. The average molecular weight is 389 g/mol. The van der Waals surface area contributed by atoms with Gasteiger partial charge in [-0.15, -0.1) is 0 Å². The van der Waals surface area contributed by atoms with Gasteiger partial charge in [0.25, 0.3) is 0 Å². The van der Waals surface area contributed by atoms with Crippen molar-refractivity contribution < 1.29 is 18.4 Å². The molecule has 1 aliphatic carbocycles. The zero-order chi connectivity index (χ0) is 20.4. The standard InChI is InChI=1S/C21H28FN3O3/c1-11(2)18(19-12(3)16-10-14(22)7-8-17(16)28-19)25-21(27)24-15-6-4-5-13(9-15)20(23)26/h7-8,10-11,13,15,18H,4-6,9H2,1-3H3,(H2,23,26)(H2,24,25,27)/t13-,15?,18?/m1/s1. The Hall–Kier alpha value is -2.57. The molecule has 6 nitrogen and oxygen atoms in total. The number of carbonyl (C=O) groups is 2. The topological polar surface area (TPSA) is 97.4 Å². The highest BCUT2D eigenvalue weighted by Crippen LogP contribution is 2.33. The normalized spacial score (nSPS) is 20.9. The number of hydrogen-bond donors (Lipinski definition) is 3. The molecule has 2 aromatic rings. The molecule has 7 heteroatoms. The molecule has 3 atom stereocenters. The minimum Gasteiger partial charge on any atom is -0.459 e. The number of rotatable bonds is 5. The van der Waals surface area contributed by atoms with Crippen LogP contribution in [0, 0.1) is 24.6 Å². The van der Waals surface area contributed by atoms with Crippen molar-refractivity contribution >= 4 is 22.9 Å². The summed E-state index contributed by atoms with van der Waals surface area (Å²) in [7, 11) is 0. The van der Waals surface area contributed by atoms with E-state index < -0.39 is 0 Å². The third-order valence-corrected chi connectivity index (χ3v) is 5.58. The molecule has 152 valence electrons. The van der Waals surface area contributed by atoms with Crippen molar-refractivity contribution in [1.29, 1.82) is 0 Å². The van der Waals surface area contributed by atoms with Crippen LogP contribution in [-0.4, -0.2) is 18.0 Å². The van der Waals surface area contributed by atoms with Gasteiger partial charge in [0, 0.05) is 22.9 Å². The lowest BCUT2D eigenvalue weighted by molar-refractivity contribution is -0.122. The molecule has 0 spiro atoms. The quantitative estimate of drug-likeness (QED) is 0.723. The minimum absolute atomic E-state index is 0.0691. The number of amides is 3. The Morgan fingerprint density at radius 1 is 1.29 bits per heavy atom. The van der Waals surface area contributed by atoms with E-state index in [1.165, 1.54) is 12.1 Å². The Morgan fingerprint density at radius 3 is 2.71 bits per heavy atom. The van der Waals surface area contributed by atoms with Gasteiger partial charge in [-0.05, 0) is 50.3 Å². The first-order valence-corrected chi connectivity index (χ1v) is 9.81. The number of hydrogen-bond acceptors (Lipinski definition) is 3. The third-order valence-electron chi connectivity index (χ3n) is 5.58. The van der Waals surface area contributed by atoms with E-state index in [1.54, 1.807) is 6.07 Å². The van der Waals surface area contributed by atoms with Crippen LogP contribution >= 0.6 is 0 Å². The predicted molar refractivity (Wildman–Crippen MR) is 105 cm³/mol. The van der Waals surface area contributed by atoms with Gasteiger partial charge in [0.2, 0.25) is 5.91 Å². The maximum atomic E-state index is 13.6. The molecule has 1 saturated carbocycles. The van der Waals surface area contributed by atoms with Crippen molar-refractivity contribution in [3.63, 3.8) is 0 Å². The van der Waals surface area contributed by atoms with Gasteiger partial charge < -0.3 is 20.8 Å². The fraction of sp³-hybridized carbons (Fsp3) is 0.524. The molecule has 1 fully saturated rings. The van der Waals surface area contributed by atoms with Gasteiger partial charge in [-0.2, -0.15) is 0 Å². The maximum absolute atomic E-state index is 13.6. The number of carbonyl (C=O) groups excluding carboxylic acids is 2. The highest BCUT2D eigenvalue weighted by molar-refractivity contribution is 5.83. The van der Waals surface area contributed by atoms with Gasteiger partial charge in [0.05, 0.1) is 6.04 Å². The van der Waals surface area contributed by atoms with Gasteiger partial charge in [-0.25, -0.2) is 9.18 Å². The summed E-state index contributed by atoms with van der Waals surface area (Å²) >= 11 is 0. The molecule has 0 saturated heterocycles. The zero-order valence-corrected chi connectivity index (χ0v) is 16.5. The zero-order valence-electron chi connectivity index (χ0n) is 16.5. The molecule has 3 amide bonds. The van der Waals surface area contributed by atoms with Crippen LogP contribution in [0.1, 0.15) is 56.9 Å². The summed E-state index contributed by atoms with van der Waals surface area (Å²) in [6.45, 7) is 5.85. The van der Waals surface area contributed by atoms with Crippen LogP contribution in [0.15, 0.2) is 22.6 Å². The number of furan rings is 1. The molecular formula is C21H28FN3O3. The van der Waals surface area contributed by atoms with Crippen LogP contribution in [0.3, 0.4) is 0 Å². The van der Waals surface area contributed by atoms with Gasteiger partial charge in [-0.3, -0.25) is 4.79 Å². The lowest BCUT2D eigenvalue weighted by atomic mass is 9.85. The number of fused-ring (bicyclic) bond motifs is 1. The van der Waals surface area contributed by atoms with Gasteiger partial charge >= 0.3 is 6.03 Å². The molecule has 1 heterocycles. The lowest BCUT2D eigenvalue weighted by Gasteiger charge is -2.29. The van der Waals surface area contributed by atoms with E-state index in [0.29, 0.717) is 23.2 Å². The fourth-order valence-electron chi connectivity index (χ4n) is 3.99. The summed E-state index contributed by atoms with van der Waals surface area (Å²) < 4.78 is 19.5. The Morgan fingerprint density at radius 2 is 2.04 bits per heavy atom. The predicted octanol–water partition coefficient (Wildman–Crippen LogP) is 3.92. The number of halogens is 1. The Bertz CT molecular complexity index is 877. The third kappa shape index (κ3) is 4.29. The van der Waals surface area contributed by atoms with Crippen LogP contribution in [0.2, 0.25) is 0 Å². The first-order valence-electron chi connectivity index (χ1n) is 9.81. The van der Waals surface area contributed by atoms with Gasteiger partial charge in [0.15, 0.2) is 0 Å². The summed E-state index contributed by atoms with van der Waals surface area (Å²) in [5.41, 5.74) is 6.83. The number of aryl methyl sites for hydroxylation is 1.